The summed E-state index contributed by atoms with van der Waals surface area (Å²) in [6, 6.07) is 13.3. The molecule has 2 rings (SSSR count). The van der Waals surface area contributed by atoms with Crippen LogP contribution >= 0.6 is 11.6 Å². The van der Waals surface area contributed by atoms with Crippen molar-refractivity contribution in [3.05, 3.63) is 59.1 Å². The Balaban J connectivity index is 2.21. The van der Waals surface area contributed by atoms with Gasteiger partial charge in [-0.25, -0.2) is 0 Å². The Morgan fingerprint density at radius 1 is 1.00 bits per heavy atom. The zero-order chi connectivity index (χ0) is 15.5. The van der Waals surface area contributed by atoms with E-state index in [-0.39, 0.29) is 4.90 Å². The number of hydrogen-bond acceptors (Lipinski definition) is 3. The van der Waals surface area contributed by atoms with Gasteiger partial charge in [-0.3, -0.25) is 0 Å². The molecule has 0 heterocycles. The maximum Gasteiger partial charge on any atom is 0.282 e. The largest absolute Gasteiger partial charge is 0.378 e. The molecule has 0 amide bonds. The lowest BCUT2D eigenvalue weighted by atomic mass is 10.2. The normalized spacial score (nSPS) is 11.8. The van der Waals surface area contributed by atoms with E-state index in [1.807, 2.05) is 43.3 Å². The number of nitrogens with zero attached hydrogens (tertiary/aromatic N) is 2. The van der Waals surface area contributed by atoms with Gasteiger partial charge in [-0.2, -0.15) is 12.8 Å². The van der Waals surface area contributed by atoms with E-state index in [2.05, 4.69) is 4.40 Å². The maximum absolute atomic E-state index is 12.0. The van der Waals surface area contributed by atoms with Crippen LogP contribution in [0.25, 0.3) is 0 Å². The van der Waals surface area contributed by atoms with Gasteiger partial charge < -0.3 is 4.90 Å². The number of hydrogen-bond donors (Lipinski definition) is 0. The fourth-order valence-electron chi connectivity index (χ4n) is 1.66. The molecule has 2 aromatic carbocycles. The van der Waals surface area contributed by atoms with Crippen molar-refractivity contribution in [1.82, 2.24) is 0 Å². The Morgan fingerprint density at radius 3 is 2.10 bits per heavy atom. The third kappa shape index (κ3) is 4.06. The third-order valence-corrected chi connectivity index (χ3v) is 4.36. The zero-order valence-electron chi connectivity index (χ0n) is 11.7. The second kappa shape index (κ2) is 6.28. The summed E-state index contributed by atoms with van der Waals surface area (Å²) in [4.78, 5) is 2.08. The third-order valence-electron chi connectivity index (χ3n) is 2.86. The van der Waals surface area contributed by atoms with E-state index in [4.69, 9.17) is 11.6 Å². The fraction of sp³-hybridized carbons (Fsp3) is 0.133. The fourth-order valence-corrected chi connectivity index (χ4v) is 2.64. The predicted molar refractivity (Wildman–Crippen MR) is 87.0 cm³/mol. The number of benzene rings is 2. The first kappa shape index (κ1) is 15.5. The van der Waals surface area contributed by atoms with E-state index >= 15 is 0 Å². The first-order valence-corrected chi connectivity index (χ1v) is 8.03. The minimum atomic E-state index is -3.70. The molecular formula is C15H15ClN2O2S. The Hall–Kier alpha value is -1.85. The van der Waals surface area contributed by atoms with E-state index < -0.39 is 10.0 Å². The number of rotatable bonds is 4. The van der Waals surface area contributed by atoms with Crippen molar-refractivity contribution >= 4 is 33.5 Å². The Bertz CT molecular complexity index is 736. The van der Waals surface area contributed by atoms with E-state index in [1.54, 1.807) is 0 Å². The van der Waals surface area contributed by atoms with E-state index in [0.29, 0.717) is 5.02 Å². The van der Waals surface area contributed by atoms with Gasteiger partial charge in [0.05, 0.1) is 4.90 Å². The van der Waals surface area contributed by atoms with Crippen molar-refractivity contribution in [2.45, 2.75) is 4.90 Å². The molecule has 0 aromatic heterocycles. The monoisotopic (exact) mass is 322 g/mol. The molecule has 0 fully saturated rings. The molecule has 2 aromatic rings. The van der Waals surface area contributed by atoms with E-state index in [9.17, 15) is 8.42 Å². The molecule has 0 saturated heterocycles. The lowest BCUT2D eigenvalue weighted by Crippen LogP contribution is -2.08. The topological polar surface area (TPSA) is 49.7 Å². The van der Waals surface area contributed by atoms with Crippen molar-refractivity contribution in [3.8, 4) is 0 Å². The molecule has 0 aliphatic heterocycles. The average Bonchev–Trinajstić information content (AvgIpc) is 2.46. The van der Waals surface area contributed by atoms with Gasteiger partial charge in [0, 0.05) is 31.0 Å². The lowest BCUT2D eigenvalue weighted by Gasteiger charge is -2.11. The smallest absolute Gasteiger partial charge is 0.282 e. The molecule has 4 nitrogen and oxygen atoms in total. The van der Waals surface area contributed by atoms with Gasteiger partial charge in [0.25, 0.3) is 10.0 Å². The van der Waals surface area contributed by atoms with Gasteiger partial charge in [-0.1, -0.05) is 23.7 Å². The highest BCUT2D eigenvalue weighted by Gasteiger charge is 2.11. The Morgan fingerprint density at radius 2 is 1.57 bits per heavy atom. The predicted octanol–water partition coefficient (Wildman–Crippen LogP) is 3.21. The molecule has 0 bridgehead atoms. The molecule has 0 radical (unpaired) electrons. The summed E-state index contributed by atoms with van der Waals surface area (Å²) in [6.45, 7) is 0. The molecule has 0 N–H and O–H groups in total. The molecule has 0 aliphatic rings. The van der Waals surface area contributed by atoms with Crippen molar-refractivity contribution in [2.24, 2.45) is 4.40 Å². The van der Waals surface area contributed by atoms with Gasteiger partial charge in [-0.15, -0.1) is 0 Å². The van der Waals surface area contributed by atoms with Crippen molar-refractivity contribution in [1.29, 1.82) is 0 Å². The summed E-state index contributed by atoms with van der Waals surface area (Å²) < 4.78 is 27.8. The minimum Gasteiger partial charge on any atom is -0.378 e. The molecule has 0 atom stereocenters. The van der Waals surface area contributed by atoms with Gasteiger partial charge in [0.15, 0.2) is 0 Å². The van der Waals surface area contributed by atoms with Crippen molar-refractivity contribution < 1.29 is 8.42 Å². The van der Waals surface area contributed by atoms with Crippen LogP contribution in [-0.2, 0) is 10.0 Å². The minimum absolute atomic E-state index is 0.119. The van der Waals surface area contributed by atoms with E-state index in [1.165, 1.54) is 30.5 Å². The summed E-state index contributed by atoms with van der Waals surface area (Å²) in [7, 11) is 0.176. The highest BCUT2D eigenvalue weighted by atomic mass is 35.5. The van der Waals surface area contributed by atoms with Crippen LogP contribution in [0, 0.1) is 0 Å². The molecule has 110 valence electrons. The van der Waals surface area contributed by atoms with Crippen molar-refractivity contribution in [3.63, 3.8) is 0 Å². The lowest BCUT2D eigenvalue weighted by molar-refractivity contribution is 0.598. The van der Waals surface area contributed by atoms with Crippen LogP contribution in [0.5, 0.6) is 0 Å². The number of halogens is 1. The molecule has 0 unspecified atom stereocenters. The average molecular weight is 323 g/mol. The van der Waals surface area contributed by atoms with Gasteiger partial charge >= 0.3 is 0 Å². The van der Waals surface area contributed by atoms with Crippen LogP contribution in [0.2, 0.25) is 5.02 Å². The summed E-state index contributed by atoms with van der Waals surface area (Å²) >= 11 is 5.74. The molecule has 0 aliphatic carbocycles. The Kier molecular flexibility index (Phi) is 4.65. The number of anilines is 1. The van der Waals surface area contributed by atoms with Gasteiger partial charge in [0.2, 0.25) is 0 Å². The highest BCUT2D eigenvalue weighted by Crippen LogP contribution is 2.16. The van der Waals surface area contributed by atoms with Gasteiger partial charge in [-0.05, 0) is 42.0 Å². The highest BCUT2D eigenvalue weighted by molar-refractivity contribution is 7.90. The molecule has 21 heavy (non-hydrogen) atoms. The standard InChI is InChI=1S/C15H15ClN2O2S/c1-18(2)14-7-3-12(4-8-14)11-17-21(19,20)15-9-5-13(16)6-10-15/h3-11H,1-2H3/b17-11+. The van der Waals surface area contributed by atoms with Crippen LogP contribution in [-0.4, -0.2) is 28.7 Å². The zero-order valence-corrected chi connectivity index (χ0v) is 13.3. The molecule has 6 heteroatoms. The summed E-state index contributed by atoms with van der Waals surface area (Å²) in [5.41, 5.74) is 1.76. The van der Waals surface area contributed by atoms with E-state index in [0.717, 1.165) is 11.3 Å². The van der Waals surface area contributed by atoms with Crippen LogP contribution in [0.3, 0.4) is 0 Å². The second-order valence-electron chi connectivity index (χ2n) is 4.65. The first-order valence-electron chi connectivity index (χ1n) is 6.22. The SMILES string of the molecule is CN(C)c1ccc(/C=N/S(=O)(=O)c2ccc(Cl)cc2)cc1. The first-order chi connectivity index (χ1) is 9.88. The van der Waals surface area contributed by atoms with Crippen LogP contribution in [0.15, 0.2) is 57.8 Å². The van der Waals surface area contributed by atoms with Crippen LogP contribution in [0.1, 0.15) is 5.56 Å². The summed E-state index contributed by atoms with van der Waals surface area (Å²) in [6.07, 6.45) is 1.34. The molecule has 0 saturated carbocycles. The molecular weight excluding hydrogens is 308 g/mol. The van der Waals surface area contributed by atoms with Crippen LogP contribution < -0.4 is 4.90 Å². The summed E-state index contributed by atoms with van der Waals surface area (Å²) in [5.74, 6) is 0. The van der Waals surface area contributed by atoms with Gasteiger partial charge in [0.1, 0.15) is 0 Å². The van der Waals surface area contributed by atoms with Crippen LogP contribution in [0.4, 0.5) is 5.69 Å². The Labute approximate surface area is 129 Å². The second-order valence-corrected chi connectivity index (χ2v) is 6.72. The summed E-state index contributed by atoms with van der Waals surface area (Å²) in [5, 5.41) is 0.484. The number of sulfonamides is 1. The maximum atomic E-state index is 12.0. The molecule has 0 spiro atoms. The quantitative estimate of drug-likeness (QED) is 0.812. The van der Waals surface area contributed by atoms with Crippen molar-refractivity contribution in [2.75, 3.05) is 19.0 Å².